The summed E-state index contributed by atoms with van der Waals surface area (Å²) in [5.41, 5.74) is -0.285. The molecule has 184 valence electrons. The third-order valence-electron chi connectivity index (χ3n) is 11.1. The van der Waals surface area contributed by atoms with Crippen LogP contribution in [-0.4, -0.2) is 22.7 Å². The van der Waals surface area contributed by atoms with E-state index in [1.807, 2.05) is 0 Å². The minimum absolute atomic E-state index is 0.0466. The van der Waals surface area contributed by atoms with Crippen molar-refractivity contribution < 1.29 is 14.6 Å². The second-order valence-electron chi connectivity index (χ2n) is 13.0. The summed E-state index contributed by atoms with van der Waals surface area (Å²) in [6.07, 6.45) is 12.7. The zero-order valence-electron chi connectivity index (χ0n) is 21.1. The highest BCUT2D eigenvalue weighted by atomic mass is 35.5. The predicted octanol–water partition coefficient (Wildman–Crippen LogP) is 7.82. The van der Waals surface area contributed by atoms with Crippen molar-refractivity contribution in [3.8, 4) is 0 Å². The zero-order chi connectivity index (χ0) is 23.3. The Bertz CT molecular complexity index is 680. The van der Waals surface area contributed by atoms with Gasteiger partial charge in [-0.25, -0.2) is 4.79 Å². The number of halogens is 1. The number of carbonyl (C=O) groups is 1. The molecule has 0 amide bonds. The lowest BCUT2D eigenvalue weighted by molar-refractivity contribution is -0.180. The molecule has 32 heavy (non-hydrogen) atoms. The fraction of sp³-hybridized carbons (Fsp3) is 0.964. The molecule has 4 aliphatic carbocycles. The highest BCUT2D eigenvalue weighted by Crippen LogP contribution is 2.68. The van der Waals surface area contributed by atoms with Gasteiger partial charge in [-0.15, -0.1) is 0 Å². The summed E-state index contributed by atoms with van der Waals surface area (Å²) in [5, 5.41) is 10.5. The van der Waals surface area contributed by atoms with Crippen molar-refractivity contribution in [2.45, 2.75) is 117 Å². The molecule has 0 aromatic heterocycles. The van der Waals surface area contributed by atoms with Crippen LogP contribution in [0.15, 0.2) is 0 Å². The Kier molecular flexibility index (Phi) is 7.30. The van der Waals surface area contributed by atoms with Crippen molar-refractivity contribution in [2.24, 2.45) is 52.3 Å². The van der Waals surface area contributed by atoms with E-state index >= 15 is 0 Å². The highest BCUT2D eigenvalue weighted by molar-refractivity contribution is 6.61. The largest absolute Gasteiger partial charge is 0.450 e. The highest BCUT2D eigenvalue weighted by Gasteiger charge is 2.63. The molecule has 3 nitrogen and oxygen atoms in total. The Hall–Kier alpha value is -0.280. The van der Waals surface area contributed by atoms with E-state index in [0.29, 0.717) is 23.7 Å². The molecule has 0 saturated heterocycles. The second kappa shape index (κ2) is 9.40. The van der Waals surface area contributed by atoms with Crippen LogP contribution in [0.25, 0.3) is 0 Å². The van der Waals surface area contributed by atoms with Crippen LogP contribution in [0.3, 0.4) is 0 Å². The van der Waals surface area contributed by atoms with Crippen LogP contribution in [0.5, 0.6) is 0 Å². The Morgan fingerprint density at radius 3 is 2.47 bits per heavy atom. The predicted molar refractivity (Wildman–Crippen MR) is 131 cm³/mol. The molecule has 10 atom stereocenters. The van der Waals surface area contributed by atoms with Gasteiger partial charge in [0.05, 0.1) is 6.10 Å². The van der Waals surface area contributed by atoms with Crippen molar-refractivity contribution >= 4 is 17.0 Å². The Balaban J connectivity index is 1.52. The quantitative estimate of drug-likeness (QED) is 0.405. The Morgan fingerprint density at radius 2 is 1.78 bits per heavy atom. The van der Waals surface area contributed by atoms with Gasteiger partial charge in [-0.1, -0.05) is 53.9 Å². The first-order valence-corrected chi connectivity index (χ1v) is 14.0. The van der Waals surface area contributed by atoms with E-state index in [0.717, 1.165) is 42.4 Å². The molecular weight excluding hydrogens is 420 g/mol. The van der Waals surface area contributed by atoms with Gasteiger partial charge in [0.2, 0.25) is 0 Å². The lowest BCUT2D eigenvalue weighted by atomic mass is 9.43. The molecule has 2 unspecified atom stereocenters. The van der Waals surface area contributed by atoms with Crippen molar-refractivity contribution in [3.05, 3.63) is 0 Å². The summed E-state index contributed by atoms with van der Waals surface area (Å²) in [6.45, 7) is 12.2. The minimum atomic E-state index is -0.706. The van der Waals surface area contributed by atoms with Crippen molar-refractivity contribution in [3.63, 3.8) is 0 Å². The van der Waals surface area contributed by atoms with E-state index in [1.165, 1.54) is 51.4 Å². The van der Waals surface area contributed by atoms with Gasteiger partial charge in [0.25, 0.3) is 0 Å². The zero-order valence-corrected chi connectivity index (χ0v) is 21.9. The number of carbonyl (C=O) groups excluding carboxylic acids is 1. The minimum Gasteiger partial charge on any atom is -0.450 e. The molecule has 0 spiro atoms. The van der Waals surface area contributed by atoms with E-state index in [-0.39, 0.29) is 17.6 Å². The van der Waals surface area contributed by atoms with Crippen LogP contribution in [0.1, 0.15) is 105 Å². The fourth-order valence-electron chi connectivity index (χ4n) is 9.58. The molecule has 4 aliphatic rings. The first-order chi connectivity index (χ1) is 15.1. The van der Waals surface area contributed by atoms with Crippen LogP contribution in [0.4, 0.5) is 4.79 Å². The number of ether oxygens (including phenoxy) is 1. The van der Waals surface area contributed by atoms with Gasteiger partial charge in [-0.05, 0) is 91.8 Å². The molecule has 0 aromatic rings. The number of fused-ring (bicyclic) bond motifs is 5. The average Bonchev–Trinajstić information content (AvgIpc) is 3.05. The number of rotatable bonds is 6. The van der Waals surface area contributed by atoms with Gasteiger partial charge >= 0.3 is 5.43 Å². The standard InChI is InChI=1S/C28H47ClO3/c1-17(2)7-6-8-18(3)22-11-12-23-21-10-9-19-15-20(30)16-25(32-26(29)31)28(19,5)24(21)13-14-27(22,23)4/h17-25,30H,6-16H2,1-5H3/t18-,19?,20+,21+,22-,23+,24+,25?,27-,28-/m1/s1. The van der Waals surface area contributed by atoms with Gasteiger partial charge < -0.3 is 9.84 Å². The topological polar surface area (TPSA) is 46.5 Å². The maximum Gasteiger partial charge on any atom is 0.404 e. The number of aliphatic hydroxyl groups is 1. The van der Waals surface area contributed by atoms with Crippen molar-refractivity contribution in [2.75, 3.05) is 0 Å². The molecule has 0 radical (unpaired) electrons. The van der Waals surface area contributed by atoms with Crippen LogP contribution < -0.4 is 0 Å². The van der Waals surface area contributed by atoms with E-state index in [2.05, 4.69) is 34.6 Å². The maximum absolute atomic E-state index is 11.7. The first kappa shape index (κ1) is 24.8. The summed E-state index contributed by atoms with van der Waals surface area (Å²) in [4.78, 5) is 11.7. The van der Waals surface area contributed by atoms with Gasteiger partial charge in [-0.3, -0.25) is 0 Å². The molecule has 4 heteroatoms. The van der Waals surface area contributed by atoms with Crippen LogP contribution in [-0.2, 0) is 4.74 Å². The first-order valence-electron chi connectivity index (χ1n) is 13.6. The van der Waals surface area contributed by atoms with E-state index in [4.69, 9.17) is 16.3 Å². The lowest BCUT2D eigenvalue weighted by Gasteiger charge is -2.62. The van der Waals surface area contributed by atoms with Crippen LogP contribution >= 0.6 is 11.6 Å². The summed E-state index contributed by atoms with van der Waals surface area (Å²) < 4.78 is 5.71. The molecule has 4 rings (SSSR count). The normalized spacial score (nSPS) is 46.8. The second-order valence-corrected chi connectivity index (χ2v) is 13.3. The average molecular weight is 467 g/mol. The number of aliphatic hydroxyl groups excluding tert-OH is 1. The molecule has 0 aromatic carbocycles. The van der Waals surface area contributed by atoms with Crippen molar-refractivity contribution in [1.82, 2.24) is 0 Å². The third kappa shape index (κ3) is 4.28. The molecule has 1 N–H and O–H groups in total. The van der Waals surface area contributed by atoms with Gasteiger partial charge in [-0.2, -0.15) is 0 Å². The SMILES string of the molecule is CC(C)CCC[C@@H](C)[C@H]1CC[C@H]2[C@@H]3CCC4C[C@H](O)CC(OC(=O)Cl)[C@@]4(C)[C@H]3CC[C@]12C. The third-order valence-corrected chi connectivity index (χ3v) is 11.2. The summed E-state index contributed by atoms with van der Waals surface area (Å²) in [5.74, 6) is 5.04. The molecular formula is C28H47ClO3. The van der Waals surface area contributed by atoms with E-state index in [1.54, 1.807) is 0 Å². The molecule has 0 heterocycles. The monoisotopic (exact) mass is 466 g/mol. The van der Waals surface area contributed by atoms with Gasteiger partial charge in [0, 0.05) is 23.4 Å². The number of hydrogen-bond acceptors (Lipinski definition) is 3. The molecule has 0 bridgehead atoms. The Labute approximate surface area is 201 Å². The van der Waals surface area contributed by atoms with Gasteiger partial charge in [0.1, 0.15) is 6.10 Å². The van der Waals surface area contributed by atoms with E-state index < -0.39 is 5.43 Å². The van der Waals surface area contributed by atoms with Gasteiger partial charge in [0.15, 0.2) is 0 Å². The summed E-state index contributed by atoms with van der Waals surface area (Å²) in [6, 6.07) is 0. The molecule has 4 fully saturated rings. The molecule has 4 saturated carbocycles. The number of hydrogen-bond donors (Lipinski definition) is 1. The van der Waals surface area contributed by atoms with Crippen LogP contribution in [0, 0.1) is 52.3 Å². The summed E-state index contributed by atoms with van der Waals surface area (Å²) in [7, 11) is 0. The summed E-state index contributed by atoms with van der Waals surface area (Å²) >= 11 is 5.71. The van der Waals surface area contributed by atoms with E-state index in [9.17, 15) is 9.90 Å². The fourth-order valence-corrected chi connectivity index (χ4v) is 9.69. The maximum atomic E-state index is 11.7. The lowest BCUT2D eigenvalue weighted by Crippen LogP contribution is -2.60. The molecule has 0 aliphatic heterocycles. The van der Waals surface area contributed by atoms with Crippen molar-refractivity contribution in [1.29, 1.82) is 0 Å². The Morgan fingerprint density at radius 1 is 1.03 bits per heavy atom. The van der Waals surface area contributed by atoms with Crippen LogP contribution in [0.2, 0.25) is 0 Å². The smallest absolute Gasteiger partial charge is 0.404 e.